The van der Waals surface area contributed by atoms with Crippen LogP contribution >= 0.6 is 15.9 Å². The van der Waals surface area contributed by atoms with Gasteiger partial charge in [-0.2, -0.15) is 0 Å². The van der Waals surface area contributed by atoms with E-state index in [2.05, 4.69) is 46.0 Å². The lowest BCUT2D eigenvalue weighted by Crippen LogP contribution is -2.04. The number of hydrogen-bond acceptors (Lipinski definition) is 2. The van der Waals surface area contributed by atoms with Crippen molar-refractivity contribution in [3.05, 3.63) is 40.3 Å². The Labute approximate surface area is 103 Å². The van der Waals surface area contributed by atoms with Gasteiger partial charge in [-0.3, -0.25) is 0 Å². The molecule has 0 saturated carbocycles. The lowest BCUT2D eigenvalue weighted by Gasteiger charge is -2.00. The number of benzene rings is 1. The topological polar surface area (TPSA) is 43.8 Å². The summed E-state index contributed by atoms with van der Waals surface area (Å²) < 4.78 is 2.94. The standard InChI is InChI=1S/C12H14BrN3/c1-8-4-3-5-9(6-8)11-12(13)16(2)10(7-14)15-11/h3-6H,7,14H2,1-2H3. The summed E-state index contributed by atoms with van der Waals surface area (Å²) in [4.78, 5) is 4.53. The molecule has 0 saturated heterocycles. The summed E-state index contributed by atoms with van der Waals surface area (Å²) in [5.74, 6) is 0.878. The van der Waals surface area contributed by atoms with Crippen molar-refractivity contribution in [2.75, 3.05) is 0 Å². The number of nitrogens with two attached hydrogens (primary N) is 1. The van der Waals surface area contributed by atoms with E-state index < -0.39 is 0 Å². The monoisotopic (exact) mass is 279 g/mol. The molecule has 84 valence electrons. The average molecular weight is 280 g/mol. The summed E-state index contributed by atoms with van der Waals surface area (Å²) in [6.07, 6.45) is 0. The van der Waals surface area contributed by atoms with Crippen molar-refractivity contribution in [2.45, 2.75) is 13.5 Å². The molecule has 0 bridgehead atoms. The molecule has 0 fully saturated rings. The maximum Gasteiger partial charge on any atom is 0.123 e. The third-order valence-electron chi connectivity index (χ3n) is 2.59. The number of nitrogens with zero attached hydrogens (tertiary/aromatic N) is 2. The fourth-order valence-electron chi connectivity index (χ4n) is 1.68. The molecule has 2 N–H and O–H groups in total. The third-order valence-corrected chi connectivity index (χ3v) is 3.50. The Hall–Kier alpha value is -1.13. The summed E-state index contributed by atoms with van der Waals surface area (Å²) >= 11 is 3.55. The maximum absolute atomic E-state index is 5.64. The van der Waals surface area contributed by atoms with Crippen LogP contribution in [-0.2, 0) is 13.6 Å². The number of aromatic nitrogens is 2. The number of hydrogen-bond donors (Lipinski definition) is 1. The lowest BCUT2D eigenvalue weighted by atomic mass is 10.1. The molecule has 0 amide bonds. The summed E-state index contributed by atoms with van der Waals surface area (Å²) in [6.45, 7) is 2.52. The number of rotatable bonds is 2. The fourth-order valence-corrected chi connectivity index (χ4v) is 2.20. The van der Waals surface area contributed by atoms with E-state index in [1.807, 2.05) is 17.7 Å². The van der Waals surface area contributed by atoms with Crippen LogP contribution in [0.1, 0.15) is 11.4 Å². The van der Waals surface area contributed by atoms with Crippen molar-refractivity contribution in [1.82, 2.24) is 9.55 Å². The molecule has 2 rings (SSSR count). The normalized spacial score (nSPS) is 10.8. The second-order valence-electron chi connectivity index (χ2n) is 3.80. The van der Waals surface area contributed by atoms with Crippen LogP contribution < -0.4 is 5.73 Å². The average Bonchev–Trinajstić information content (AvgIpc) is 2.56. The lowest BCUT2D eigenvalue weighted by molar-refractivity contribution is 0.781. The molecule has 0 aliphatic heterocycles. The van der Waals surface area contributed by atoms with E-state index in [0.29, 0.717) is 6.54 Å². The zero-order valence-corrected chi connectivity index (χ0v) is 11.0. The number of halogens is 1. The van der Waals surface area contributed by atoms with Crippen LogP contribution in [0.15, 0.2) is 28.9 Å². The summed E-state index contributed by atoms with van der Waals surface area (Å²) in [5.41, 5.74) is 8.93. The molecule has 3 nitrogen and oxygen atoms in total. The minimum atomic E-state index is 0.445. The Kier molecular flexibility index (Phi) is 3.12. The summed E-state index contributed by atoms with van der Waals surface area (Å²) in [7, 11) is 1.96. The van der Waals surface area contributed by atoms with Gasteiger partial charge in [0.2, 0.25) is 0 Å². The highest BCUT2D eigenvalue weighted by Gasteiger charge is 2.12. The molecule has 16 heavy (non-hydrogen) atoms. The highest BCUT2D eigenvalue weighted by atomic mass is 79.9. The quantitative estimate of drug-likeness (QED) is 0.919. The smallest absolute Gasteiger partial charge is 0.123 e. The predicted molar refractivity (Wildman–Crippen MR) is 69.0 cm³/mol. The molecule has 0 aliphatic rings. The molecule has 0 spiro atoms. The first-order valence-electron chi connectivity index (χ1n) is 5.11. The van der Waals surface area contributed by atoms with Gasteiger partial charge in [0.15, 0.2) is 0 Å². The van der Waals surface area contributed by atoms with Gasteiger partial charge in [-0.1, -0.05) is 23.8 Å². The first-order chi connectivity index (χ1) is 7.63. The second-order valence-corrected chi connectivity index (χ2v) is 4.55. The highest BCUT2D eigenvalue weighted by Crippen LogP contribution is 2.28. The molecule has 0 aliphatic carbocycles. The maximum atomic E-state index is 5.64. The van der Waals surface area contributed by atoms with Crippen LogP contribution in [0.4, 0.5) is 0 Å². The van der Waals surface area contributed by atoms with E-state index >= 15 is 0 Å². The van der Waals surface area contributed by atoms with Crippen LogP contribution in [0, 0.1) is 6.92 Å². The van der Waals surface area contributed by atoms with Crippen molar-refractivity contribution in [3.8, 4) is 11.3 Å². The molecular weight excluding hydrogens is 266 g/mol. The zero-order chi connectivity index (χ0) is 11.7. The van der Waals surface area contributed by atoms with Crippen molar-refractivity contribution in [2.24, 2.45) is 12.8 Å². The number of aryl methyl sites for hydroxylation is 1. The molecule has 0 atom stereocenters. The van der Waals surface area contributed by atoms with E-state index in [9.17, 15) is 0 Å². The summed E-state index contributed by atoms with van der Waals surface area (Å²) in [5, 5.41) is 0. The highest BCUT2D eigenvalue weighted by molar-refractivity contribution is 9.10. The van der Waals surface area contributed by atoms with E-state index in [4.69, 9.17) is 5.73 Å². The molecule has 1 heterocycles. The minimum absolute atomic E-state index is 0.445. The van der Waals surface area contributed by atoms with Crippen LogP contribution in [0.2, 0.25) is 0 Å². The zero-order valence-electron chi connectivity index (χ0n) is 9.37. The van der Waals surface area contributed by atoms with Crippen LogP contribution in [0.5, 0.6) is 0 Å². The van der Waals surface area contributed by atoms with E-state index in [1.165, 1.54) is 5.56 Å². The number of imidazole rings is 1. The Morgan fingerprint density at radius 2 is 2.19 bits per heavy atom. The molecule has 2 aromatic rings. The van der Waals surface area contributed by atoms with E-state index in [0.717, 1.165) is 21.7 Å². The van der Waals surface area contributed by atoms with Crippen LogP contribution in [0.3, 0.4) is 0 Å². The van der Waals surface area contributed by atoms with Crippen molar-refractivity contribution < 1.29 is 0 Å². The van der Waals surface area contributed by atoms with E-state index in [1.54, 1.807) is 0 Å². The molecule has 0 unspecified atom stereocenters. The molecule has 1 aromatic carbocycles. The predicted octanol–water partition coefficient (Wildman–Crippen LogP) is 2.62. The van der Waals surface area contributed by atoms with Crippen LogP contribution in [0.25, 0.3) is 11.3 Å². The van der Waals surface area contributed by atoms with Crippen molar-refractivity contribution >= 4 is 15.9 Å². The third kappa shape index (κ3) is 1.90. The largest absolute Gasteiger partial charge is 0.324 e. The SMILES string of the molecule is Cc1cccc(-c2nc(CN)n(C)c2Br)c1. The first kappa shape index (κ1) is 11.4. The van der Waals surface area contributed by atoms with Crippen molar-refractivity contribution in [1.29, 1.82) is 0 Å². The van der Waals surface area contributed by atoms with Gasteiger partial charge < -0.3 is 10.3 Å². The van der Waals surface area contributed by atoms with Gasteiger partial charge in [0.1, 0.15) is 16.1 Å². The molecule has 4 heteroatoms. The van der Waals surface area contributed by atoms with Gasteiger partial charge in [0, 0.05) is 12.6 Å². The molecular formula is C12H14BrN3. The Bertz CT molecular complexity index is 517. The Balaban J connectivity index is 2.56. The van der Waals surface area contributed by atoms with Gasteiger partial charge >= 0.3 is 0 Å². The molecule has 0 radical (unpaired) electrons. The van der Waals surface area contributed by atoms with E-state index in [-0.39, 0.29) is 0 Å². The van der Waals surface area contributed by atoms with Gasteiger partial charge in [0.25, 0.3) is 0 Å². The second kappa shape index (κ2) is 4.39. The van der Waals surface area contributed by atoms with Crippen LogP contribution in [-0.4, -0.2) is 9.55 Å². The van der Waals surface area contributed by atoms with Gasteiger partial charge in [-0.05, 0) is 28.9 Å². The minimum Gasteiger partial charge on any atom is -0.324 e. The fraction of sp³-hybridized carbons (Fsp3) is 0.250. The molecule has 1 aromatic heterocycles. The van der Waals surface area contributed by atoms with Gasteiger partial charge in [0.05, 0.1) is 6.54 Å². The van der Waals surface area contributed by atoms with Gasteiger partial charge in [-0.15, -0.1) is 0 Å². The Morgan fingerprint density at radius 1 is 1.44 bits per heavy atom. The van der Waals surface area contributed by atoms with Gasteiger partial charge in [-0.25, -0.2) is 4.98 Å². The first-order valence-corrected chi connectivity index (χ1v) is 5.91. The Morgan fingerprint density at radius 3 is 2.75 bits per heavy atom. The summed E-state index contributed by atoms with van der Waals surface area (Å²) in [6, 6.07) is 8.28. The van der Waals surface area contributed by atoms with Crippen molar-refractivity contribution in [3.63, 3.8) is 0 Å².